The van der Waals surface area contributed by atoms with Crippen molar-refractivity contribution in [3.05, 3.63) is 54.9 Å². The van der Waals surface area contributed by atoms with Gasteiger partial charge in [-0.15, -0.1) is 0 Å². The van der Waals surface area contributed by atoms with E-state index in [0.717, 1.165) is 31.0 Å². The predicted octanol–water partition coefficient (Wildman–Crippen LogP) is 4.45. The molecule has 2 amide bonds. The summed E-state index contributed by atoms with van der Waals surface area (Å²) in [5, 5.41) is 0. The van der Waals surface area contributed by atoms with Crippen molar-refractivity contribution >= 4 is 59.6 Å². The SMILES string of the molecule is CCc1ccc(OCC(=O)NNC(=O)COc2c(C)cc(Br)cc2Br)c(Br)c1. The molecule has 2 N–H and O–H groups in total. The molecule has 0 aliphatic rings. The van der Waals surface area contributed by atoms with E-state index in [4.69, 9.17) is 9.47 Å². The zero-order valence-corrected chi connectivity index (χ0v) is 20.0. The van der Waals surface area contributed by atoms with Gasteiger partial charge in [0.05, 0.1) is 8.95 Å². The van der Waals surface area contributed by atoms with Crippen molar-refractivity contribution in [2.45, 2.75) is 20.3 Å². The quantitative estimate of drug-likeness (QED) is 0.476. The molecule has 2 rings (SSSR count). The van der Waals surface area contributed by atoms with E-state index in [1.165, 1.54) is 0 Å². The fraction of sp³-hybridized carbons (Fsp3) is 0.263. The lowest BCUT2D eigenvalue weighted by Gasteiger charge is -2.13. The van der Waals surface area contributed by atoms with Crippen LogP contribution < -0.4 is 20.3 Å². The zero-order valence-electron chi connectivity index (χ0n) is 15.3. The Morgan fingerprint density at radius 2 is 1.57 bits per heavy atom. The Hall–Kier alpha value is -1.58. The second kappa shape index (κ2) is 10.8. The molecule has 0 atom stereocenters. The first-order chi connectivity index (χ1) is 13.3. The van der Waals surface area contributed by atoms with Gasteiger partial charge in [-0.2, -0.15) is 0 Å². The third-order valence-corrected chi connectivity index (χ3v) is 5.31. The van der Waals surface area contributed by atoms with E-state index in [-0.39, 0.29) is 13.2 Å². The fourth-order valence-electron chi connectivity index (χ4n) is 2.25. The lowest BCUT2D eigenvalue weighted by atomic mass is 10.2. The number of nitrogens with one attached hydrogen (secondary N) is 2. The van der Waals surface area contributed by atoms with Crippen LogP contribution in [-0.4, -0.2) is 25.0 Å². The summed E-state index contributed by atoms with van der Waals surface area (Å²) in [5.74, 6) is 0.142. The highest BCUT2D eigenvalue weighted by atomic mass is 79.9. The first kappa shape index (κ1) is 22.7. The molecule has 0 bridgehead atoms. The third kappa shape index (κ3) is 6.79. The van der Waals surface area contributed by atoms with Crippen molar-refractivity contribution in [1.29, 1.82) is 0 Å². The van der Waals surface area contributed by atoms with Gasteiger partial charge in [0.15, 0.2) is 13.2 Å². The number of halogens is 3. The normalized spacial score (nSPS) is 10.3. The molecule has 0 aromatic heterocycles. The highest BCUT2D eigenvalue weighted by Gasteiger charge is 2.11. The maximum Gasteiger partial charge on any atom is 0.276 e. The number of rotatable bonds is 7. The van der Waals surface area contributed by atoms with Gasteiger partial charge in [0.2, 0.25) is 0 Å². The average molecular weight is 579 g/mol. The Kier molecular flexibility index (Phi) is 8.78. The van der Waals surface area contributed by atoms with Crippen molar-refractivity contribution in [2.24, 2.45) is 0 Å². The molecule has 150 valence electrons. The van der Waals surface area contributed by atoms with Crippen LogP contribution in [0.5, 0.6) is 11.5 Å². The van der Waals surface area contributed by atoms with Crippen molar-refractivity contribution < 1.29 is 19.1 Å². The summed E-state index contributed by atoms with van der Waals surface area (Å²) in [4.78, 5) is 23.7. The maximum absolute atomic E-state index is 11.9. The van der Waals surface area contributed by atoms with Gasteiger partial charge in [-0.1, -0.05) is 28.9 Å². The minimum Gasteiger partial charge on any atom is -0.483 e. The Balaban J connectivity index is 1.76. The van der Waals surface area contributed by atoms with Crippen LogP contribution in [0.3, 0.4) is 0 Å². The smallest absolute Gasteiger partial charge is 0.276 e. The van der Waals surface area contributed by atoms with Gasteiger partial charge in [0.1, 0.15) is 11.5 Å². The van der Waals surface area contributed by atoms with Crippen LogP contribution in [0, 0.1) is 6.92 Å². The molecule has 0 saturated carbocycles. The summed E-state index contributed by atoms with van der Waals surface area (Å²) in [6.45, 7) is 3.45. The molecule has 0 aliphatic carbocycles. The van der Waals surface area contributed by atoms with Crippen LogP contribution in [0.2, 0.25) is 0 Å². The summed E-state index contributed by atoms with van der Waals surface area (Å²) < 4.78 is 13.4. The average Bonchev–Trinajstić information content (AvgIpc) is 2.64. The largest absolute Gasteiger partial charge is 0.483 e. The van der Waals surface area contributed by atoms with E-state index in [9.17, 15) is 9.59 Å². The number of amides is 2. The molecule has 0 radical (unpaired) electrons. The summed E-state index contributed by atoms with van der Waals surface area (Å²) in [6.07, 6.45) is 0.907. The van der Waals surface area contributed by atoms with E-state index in [2.05, 4.69) is 65.6 Å². The first-order valence-electron chi connectivity index (χ1n) is 8.37. The van der Waals surface area contributed by atoms with Crippen LogP contribution in [0.25, 0.3) is 0 Å². The number of hydrazine groups is 1. The van der Waals surface area contributed by atoms with Crippen LogP contribution in [-0.2, 0) is 16.0 Å². The number of ether oxygens (including phenoxy) is 2. The monoisotopic (exact) mass is 576 g/mol. The molecule has 9 heteroatoms. The molecule has 6 nitrogen and oxygen atoms in total. The molecule has 0 fully saturated rings. The highest BCUT2D eigenvalue weighted by molar-refractivity contribution is 9.11. The summed E-state index contributed by atoms with van der Waals surface area (Å²) in [5.41, 5.74) is 6.61. The zero-order chi connectivity index (χ0) is 20.7. The van der Waals surface area contributed by atoms with Crippen LogP contribution >= 0.6 is 47.8 Å². The Morgan fingerprint density at radius 3 is 2.14 bits per heavy atom. The molecule has 0 saturated heterocycles. The minimum atomic E-state index is -0.490. The topological polar surface area (TPSA) is 76.7 Å². The summed E-state index contributed by atoms with van der Waals surface area (Å²) >= 11 is 10.2. The van der Waals surface area contributed by atoms with Crippen molar-refractivity contribution in [2.75, 3.05) is 13.2 Å². The van der Waals surface area contributed by atoms with Crippen LogP contribution in [0.15, 0.2) is 43.7 Å². The standard InChI is InChI=1S/C19H19Br3N2O4/c1-3-12-4-5-16(14(21)7-12)27-9-17(25)23-24-18(26)10-28-19-11(2)6-13(20)8-15(19)22/h4-8H,3,9-10H2,1-2H3,(H,23,25)(H,24,26). The second-order valence-corrected chi connectivity index (χ2v) is 8.45. The van der Waals surface area contributed by atoms with Crippen molar-refractivity contribution in [1.82, 2.24) is 10.9 Å². The van der Waals surface area contributed by atoms with Gasteiger partial charge >= 0.3 is 0 Å². The maximum atomic E-state index is 11.9. The number of benzene rings is 2. The fourth-order valence-corrected chi connectivity index (χ4v) is 4.34. The number of hydrogen-bond donors (Lipinski definition) is 2. The molecule has 28 heavy (non-hydrogen) atoms. The molecular weight excluding hydrogens is 560 g/mol. The lowest BCUT2D eigenvalue weighted by Crippen LogP contribution is -2.45. The van der Waals surface area contributed by atoms with E-state index >= 15 is 0 Å². The number of aryl methyl sites for hydroxylation is 2. The van der Waals surface area contributed by atoms with Crippen LogP contribution in [0.4, 0.5) is 0 Å². The van der Waals surface area contributed by atoms with Gasteiger partial charge in [-0.3, -0.25) is 20.4 Å². The summed E-state index contributed by atoms with van der Waals surface area (Å²) in [6, 6.07) is 9.36. The number of hydrogen-bond acceptors (Lipinski definition) is 4. The van der Waals surface area contributed by atoms with Gasteiger partial charge in [-0.05, 0) is 80.6 Å². The lowest BCUT2D eigenvalue weighted by molar-refractivity contribution is -0.131. The van der Waals surface area contributed by atoms with Gasteiger partial charge in [-0.25, -0.2) is 0 Å². The molecule has 0 aliphatic heterocycles. The third-order valence-electron chi connectivity index (χ3n) is 3.65. The molecule has 0 unspecified atom stereocenters. The van der Waals surface area contributed by atoms with E-state index < -0.39 is 11.8 Å². The van der Waals surface area contributed by atoms with E-state index in [1.54, 1.807) is 6.07 Å². The van der Waals surface area contributed by atoms with Crippen molar-refractivity contribution in [3.63, 3.8) is 0 Å². The van der Waals surface area contributed by atoms with Gasteiger partial charge in [0, 0.05) is 4.47 Å². The Labute approximate surface area is 188 Å². The second-order valence-electron chi connectivity index (χ2n) is 5.83. The molecule has 0 spiro atoms. The van der Waals surface area contributed by atoms with Crippen LogP contribution in [0.1, 0.15) is 18.1 Å². The molecule has 2 aromatic rings. The predicted molar refractivity (Wildman–Crippen MR) is 117 cm³/mol. The van der Waals surface area contributed by atoms with E-state index in [0.29, 0.717) is 11.5 Å². The van der Waals surface area contributed by atoms with Gasteiger partial charge < -0.3 is 9.47 Å². The van der Waals surface area contributed by atoms with Gasteiger partial charge in [0.25, 0.3) is 11.8 Å². The Bertz CT molecular complexity index is 851. The molecule has 2 aromatic carbocycles. The number of carbonyl (C=O) groups excluding carboxylic acids is 2. The first-order valence-corrected chi connectivity index (χ1v) is 10.8. The minimum absolute atomic E-state index is 0.234. The highest BCUT2D eigenvalue weighted by Crippen LogP contribution is 2.32. The molecular formula is C19H19Br3N2O4. The van der Waals surface area contributed by atoms with Crippen molar-refractivity contribution in [3.8, 4) is 11.5 Å². The molecule has 0 heterocycles. The Morgan fingerprint density at radius 1 is 0.929 bits per heavy atom. The summed E-state index contributed by atoms with van der Waals surface area (Å²) in [7, 11) is 0. The number of carbonyl (C=O) groups is 2. The van der Waals surface area contributed by atoms with E-state index in [1.807, 2.05) is 31.2 Å².